The van der Waals surface area contributed by atoms with Gasteiger partial charge in [-0.15, -0.1) is 0 Å². The minimum absolute atomic E-state index is 0.132. The summed E-state index contributed by atoms with van der Waals surface area (Å²) in [6.45, 7) is 3.70. The molecule has 0 heterocycles. The van der Waals surface area contributed by atoms with Crippen LogP contribution in [0.4, 0.5) is 0 Å². The van der Waals surface area contributed by atoms with Crippen molar-refractivity contribution in [2.24, 2.45) is 0 Å². The molecule has 0 amide bonds. The molecule has 0 saturated heterocycles. The van der Waals surface area contributed by atoms with Crippen LogP contribution in [0.25, 0.3) is 0 Å². The van der Waals surface area contributed by atoms with Crippen molar-refractivity contribution in [2.75, 3.05) is 0 Å². The summed E-state index contributed by atoms with van der Waals surface area (Å²) in [5.74, 6) is -0.272. The van der Waals surface area contributed by atoms with Gasteiger partial charge in [-0.3, -0.25) is 0 Å². The Kier molecular flexibility index (Phi) is 3.50. The Morgan fingerprint density at radius 1 is 1.38 bits per heavy atom. The van der Waals surface area contributed by atoms with Crippen LogP contribution in [-0.4, -0.2) is 12.1 Å². The van der Waals surface area contributed by atoms with Gasteiger partial charge in [0.2, 0.25) is 0 Å². The quantitative estimate of drug-likeness (QED) is 0.663. The lowest BCUT2D eigenvalue weighted by atomic mass is 10.2. The third-order valence-corrected chi connectivity index (χ3v) is 1.77. The van der Waals surface area contributed by atoms with Gasteiger partial charge in [-0.05, 0) is 25.5 Å². The second-order valence-corrected chi connectivity index (χ2v) is 2.81. The van der Waals surface area contributed by atoms with E-state index in [1.807, 2.05) is 38.5 Å². The number of hydrogen-bond donors (Lipinski definition) is 0. The topological polar surface area (TPSA) is 26.3 Å². The van der Waals surface area contributed by atoms with Crippen molar-refractivity contribution in [3.63, 3.8) is 0 Å². The van der Waals surface area contributed by atoms with E-state index in [1.165, 1.54) is 0 Å². The maximum atomic E-state index is 11.4. The van der Waals surface area contributed by atoms with Crippen molar-refractivity contribution >= 4 is 5.97 Å². The number of rotatable bonds is 3. The molecule has 1 rings (SSSR count). The highest BCUT2D eigenvalue weighted by atomic mass is 16.5. The van der Waals surface area contributed by atoms with E-state index in [2.05, 4.69) is 0 Å². The fourth-order valence-electron chi connectivity index (χ4n) is 0.879. The van der Waals surface area contributed by atoms with Crippen molar-refractivity contribution < 1.29 is 9.53 Å². The maximum absolute atomic E-state index is 11.4. The third kappa shape index (κ3) is 2.90. The summed E-state index contributed by atoms with van der Waals surface area (Å²) in [6.07, 6.45) is 1.70. The Morgan fingerprint density at radius 2 is 2.00 bits per heavy atom. The first-order valence-electron chi connectivity index (χ1n) is 4.29. The van der Waals surface area contributed by atoms with Crippen LogP contribution >= 0.6 is 0 Å². The van der Waals surface area contributed by atoms with E-state index in [1.54, 1.807) is 12.1 Å². The lowest BCUT2D eigenvalue weighted by Gasteiger charge is -2.09. The summed E-state index contributed by atoms with van der Waals surface area (Å²) < 4.78 is 5.09. The van der Waals surface area contributed by atoms with E-state index >= 15 is 0 Å². The summed E-state index contributed by atoms with van der Waals surface area (Å²) in [4.78, 5) is 11.4. The molecule has 0 saturated carbocycles. The first-order chi connectivity index (χ1) is 6.24. The largest absolute Gasteiger partial charge is 0.459 e. The number of benzene rings is 1. The number of carbonyl (C=O) groups excluding carboxylic acids is 1. The van der Waals surface area contributed by atoms with Crippen LogP contribution in [-0.2, 0) is 4.74 Å². The van der Waals surface area contributed by atoms with Gasteiger partial charge in [0.05, 0.1) is 5.56 Å². The molecule has 0 N–H and O–H groups in total. The molecule has 0 fully saturated rings. The van der Waals surface area contributed by atoms with Gasteiger partial charge >= 0.3 is 5.97 Å². The molecule has 0 aliphatic carbocycles. The van der Waals surface area contributed by atoms with E-state index in [0.29, 0.717) is 5.56 Å². The van der Waals surface area contributed by atoms with Crippen LogP contribution in [0.1, 0.15) is 24.2 Å². The molecule has 0 aliphatic rings. The summed E-state index contributed by atoms with van der Waals surface area (Å²) in [5.41, 5.74) is 0.594. The summed E-state index contributed by atoms with van der Waals surface area (Å²) in [7, 11) is 0. The van der Waals surface area contributed by atoms with E-state index < -0.39 is 0 Å². The van der Waals surface area contributed by atoms with Crippen LogP contribution in [0.5, 0.6) is 0 Å². The Hall–Kier alpha value is -1.31. The highest BCUT2D eigenvalue weighted by Crippen LogP contribution is 2.04. The van der Waals surface area contributed by atoms with Crippen LogP contribution in [0.2, 0.25) is 0 Å². The first kappa shape index (κ1) is 9.78. The average molecular weight is 177 g/mol. The molecule has 0 aliphatic heterocycles. The molecular formula is C11H13O2. The molecule has 69 valence electrons. The zero-order chi connectivity index (χ0) is 9.68. The smallest absolute Gasteiger partial charge is 0.338 e. The fraction of sp³-hybridized carbons (Fsp3) is 0.273. The summed E-state index contributed by atoms with van der Waals surface area (Å²) >= 11 is 0. The number of ether oxygens (including phenoxy) is 1. The van der Waals surface area contributed by atoms with Gasteiger partial charge < -0.3 is 4.74 Å². The van der Waals surface area contributed by atoms with E-state index in [4.69, 9.17) is 4.74 Å². The normalized spacial score (nSPS) is 12.2. The molecule has 2 heteroatoms. The molecule has 2 nitrogen and oxygen atoms in total. The molecule has 0 bridgehead atoms. The Bertz CT molecular complexity index is 267. The van der Waals surface area contributed by atoms with Gasteiger partial charge in [-0.2, -0.15) is 0 Å². The second kappa shape index (κ2) is 4.65. The molecule has 0 aromatic heterocycles. The van der Waals surface area contributed by atoms with Crippen molar-refractivity contribution in [3.05, 3.63) is 42.3 Å². The zero-order valence-corrected chi connectivity index (χ0v) is 7.86. The highest BCUT2D eigenvalue weighted by molar-refractivity contribution is 5.89. The van der Waals surface area contributed by atoms with Crippen LogP contribution < -0.4 is 0 Å². The van der Waals surface area contributed by atoms with Gasteiger partial charge in [-0.25, -0.2) is 4.79 Å². The van der Waals surface area contributed by atoms with E-state index in [-0.39, 0.29) is 12.1 Å². The fourth-order valence-corrected chi connectivity index (χ4v) is 0.879. The maximum Gasteiger partial charge on any atom is 0.338 e. The Morgan fingerprint density at radius 3 is 2.54 bits per heavy atom. The van der Waals surface area contributed by atoms with E-state index in [0.717, 1.165) is 0 Å². The lowest BCUT2D eigenvalue weighted by molar-refractivity contribution is 0.0400. The van der Waals surface area contributed by atoms with Gasteiger partial charge in [0.1, 0.15) is 6.10 Å². The van der Waals surface area contributed by atoms with Crippen LogP contribution in [0.3, 0.4) is 0 Å². The predicted molar refractivity (Wildman–Crippen MR) is 51.3 cm³/mol. The van der Waals surface area contributed by atoms with Crippen molar-refractivity contribution in [2.45, 2.75) is 20.0 Å². The zero-order valence-electron chi connectivity index (χ0n) is 7.86. The Labute approximate surface area is 78.5 Å². The summed E-state index contributed by atoms with van der Waals surface area (Å²) in [5, 5.41) is 0. The van der Waals surface area contributed by atoms with Crippen molar-refractivity contribution in [3.8, 4) is 0 Å². The minimum Gasteiger partial charge on any atom is -0.459 e. The van der Waals surface area contributed by atoms with Crippen molar-refractivity contribution in [1.29, 1.82) is 0 Å². The molecule has 1 atom stereocenters. The van der Waals surface area contributed by atoms with Gasteiger partial charge in [0.15, 0.2) is 0 Å². The van der Waals surface area contributed by atoms with Gasteiger partial charge in [0.25, 0.3) is 0 Å². The number of hydrogen-bond acceptors (Lipinski definition) is 2. The third-order valence-electron chi connectivity index (χ3n) is 1.77. The minimum atomic E-state index is -0.272. The van der Waals surface area contributed by atoms with Crippen molar-refractivity contribution in [1.82, 2.24) is 0 Å². The number of esters is 1. The van der Waals surface area contributed by atoms with Crippen LogP contribution in [0, 0.1) is 6.42 Å². The summed E-state index contributed by atoms with van der Waals surface area (Å²) in [6, 6.07) is 8.98. The molecule has 0 unspecified atom stereocenters. The number of carbonyl (C=O) groups is 1. The standard InChI is InChI=1S/C11H13O2/c1-3-9(2)13-11(12)10-7-5-4-6-8-10/h3-9H,1-2H3/t9-/m0/s1. The molecule has 13 heavy (non-hydrogen) atoms. The van der Waals surface area contributed by atoms with E-state index in [9.17, 15) is 4.79 Å². The highest BCUT2D eigenvalue weighted by Gasteiger charge is 2.09. The molecule has 1 aromatic carbocycles. The Balaban J connectivity index is 2.59. The molecular weight excluding hydrogens is 164 g/mol. The molecule has 1 radical (unpaired) electrons. The first-order valence-corrected chi connectivity index (χ1v) is 4.29. The SMILES string of the molecule is C[CH][C@H](C)OC(=O)c1ccccc1. The monoisotopic (exact) mass is 177 g/mol. The predicted octanol–water partition coefficient (Wildman–Crippen LogP) is 2.46. The molecule has 0 spiro atoms. The van der Waals surface area contributed by atoms with Crippen LogP contribution in [0.15, 0.2) is 30.3 Å². The second-order valence-electron chi connectivity index (χ2n) is 2.81. The average Bonchev–Trinajstić information content (AvgIpc) is 2.19. The van der Waals surface area contributed by atoms with Gasteiger partial charge in [0, 0.05) is 0 Å². The lowest BCUT2D eigenvalue weighted by Crippen LogP contribution is -2.14. The van der Waals surface area contributed by atoms with Gasteiger partial charge in [-0.1, -0.05) is 25.1 Å². The molecule has 1 aromatic rings.